The molecule has 0 saturated carbocycles. The molecular weight excluding hydrogens is 394 g/mol. The Morgan fingerprint density at radius 2 is 1.42 bits per heavy atom. The van der Waals surface area contributed by atoms with Crippen LogP contribution in [0.2, 0.25) is 0 Å². The van der Waals surface area contributed by atoms with Crippen molar-refractivity contribution in [3.63, 3.8) is 0 Å². The van der Waals surface area contributed by atoms with E-state index in [1.807, 2.05) is 33.4 Å². The van der Waals surface area contributed by atoms with Gasteiger partial charge >= 0.3 is 0 Å². The zero-order chi connectivity index (χ0) is 22.1. The first-order chi connectivity index (χ1) is 14.9. The topological polar surface area (TPSA) is 140 Å². The van der Waals surface area contributed by atoms with E-state index in [0.29, 0.717) is 35.3 Å². The van der Waals surface area contributed by atoms with Crippen molar-refractivity contribution in [3.05, 3.63) is 54.1 Å². The molecule has 4 rings (SSSR count). The lowest BCUT2D eigenvalue weighted by molar-refractivity contribution is 0.100. The second kappa shape index (κ2) is 8.02. The highest BCUT2D eigenvalue weighted by Crippen LogP contribution is 2.24. The standard InChI is InChI=1S/C22H25N7O2/c1-13(31-2)14-5-7-18-16(11-14)26-21(24)28(18)9-3-4-10-29-19-8-6-15(20(23)30)12-17(19)27-22(29)25/h5-8,11-12H,1,3-4,9-10H2,2H3,(H2,23,30)(H2,24,26)(H2,25,27). The first-order valence-corrected chi connectivity index (χ1v) is 9.93. The maximum Gasteiger partial charge on any atom is 0.248 e. The Morgan fingerprint density at radius 3 is 1.90 bits per heavy atom. The first kappa shape index (κ1) is 20.3. The van der Waals surface area contributed by atoms with Gasteiger partial charge in [0.1, 0.15) is 5.76 Å². The lowest BCUT2D eigenvalue weighted by atomic mass is 10.1. The Labute approximate surface area is 179 Å². The number of amides is 1. The summed E-state index contributed by atoms with van der Waals surface area (Å²) < 4.78 is 9.14. The third-order valence-electron chi connectivity index (χ3n) is 5.42. The highest BCUT2D eigenvalue weighted by molar-refractivity contribution is 5.96. The zero-order valence-electron chi connectivity index (χ0n) is 17.3. The SMILES string of the molecule is C=C(OC)c1ccc2c(c1)nc(N)n2CCCCn1c(N)nc2cc(C(N)=O)ccc21. The Morgan fingerprint density at radius 1 is 0.935 bits per heavy atom. The summed E-state index contributed by atoms with van der Waals surface area (Å²) in [6.07, 6.45) is 1.74. The van der Waals surface area contributed by atoms with Crippen LogP contribution in [0.3, 0.4) is 0 Å². The molecule has 31 heavy (non-hydrogen) atoms. The fourth-order valence-corrected chi connectivity index (χ4v) is 3.75. The molecule has 0 unspecified atom stereocenters. The number of aromatic nitrogens is 4. The van der Waals surface area contributed by atoms with Crippen LogP contribution in [0, 0.1) is 0 Å². The summed E-state index contributed by atoms with van der Waals surface area (Å²) in [5.74, 6) is 0.985. The number of unbranched alkanes of at least 4 members (excludes halogenated alkanes) is 1. The fourth-order valence-electron chi connectivity index (χ4n) is 3.75. The van der Waals surface area contributed by atoms with E-state index in [2.05, 4.69) is 16.5 Å². The van der Waals surface area contributed by atoms with Crippen LogP contribution in [-0.4, -0.2) is 32.1 Å². The summed E-state index contributed by atoms with van der Waals surface area (Å²) in [6, 6.07) is 11.0. The van der Waals surface area contributed by atoms with Gasteiger partial charge in [-0.05, 0) is 49.2 Å². The number of hydrogen-bond donors (Lipinski definition) is 3. The second-order valence-electron chi connectivity index (χ2n) is 7.35. The van der Waals surface area contributed by atoms with Gasteiger partial charge in [0.05, 0.1) is 29.2 Å². The summed E-state index contributed by atoms with van der Waals surface area (Å²) in [5.41, 5.74) is 22.2. The van der Waals surface area contributed by atoms with Crippen molar-refractivity contribution < 1.29 is 9.53 Å². The number of methoxy groups -OCH3 is 1. The number of ether oxygens (including phenoxy) is 1. The van der Waals surface area contributed by atoms with Crippen LogP contribution in [0.1, 0.15) is 28.8 Å². The van der Waals surface area contributed by atoms with Crippen molar-refractivity contribution in [2.24, 2.45) is 5.73 Å². The summed E-state index contributed by atoms with van der Waals surface area (Å²) in [5, 5.41) is 0. The maximum absolute atomic E-state index is 11.4. The molecule has 0 spiro atoms. The molecule has 4 aromatic rings. The van der Waals surface area contributed by atoms with Crippen LogP contribution >= 0.6 is 0 Å². The molecule has 0 radical (unpaired) electrons. The number of benzene rings is 2. The minimum atomic E-state index is -0.487. The predicted octanol–water partition coefficient (Wildman–Crippen LogP) is 2.75. The van der Waals surface area contributed by atoms with E-state index in [9.17, 15) is 4.79 Å². The van der Waals surface area contributed by atoms with Crippen LogP contribution in [0.15, 0.2) is 43.0 Å². The number of anilines is 2. The molecule has 9 nitrogen and oxygen atoms in total. The Bertz CT molecular complexity index is 1300. The molecule has 0 aliphatic rings. The average molecular weight is 419 g/mol. The van der Waals surface area contributed by atoms with Crippen LogP contribution in [-0.2, 0) is 17.8 Å². The van der Waals surface area contributed by atoms with Crippen LogP contribution in [0.4, 0.5) is 11.9 Å². The molecular formula is C22H25N7O2. The van der Waals surface area contributed by atoms with Crippen LogP contribution in [0.25, 0.3) is 27.8 Å². The van der Waals surface area contributed by atoms with Crippen molar-refractivity contribution in [2.75, 3.05) is 18.6 Å². The second-order valence-corrected chi connectivity index (χ2v) is 7.35. The number of primary amides is 1. The molecule has 1 amide bonds. The zero-order valence-corrected chi connectivity index (χ0v) is 17.3. The maximum atomic E-state index is 11.4. The molecule has 160 valence electrons. The smallest absolute Gasteiger partial charge is 0.248 e. The number of rotatable bonds is 8. The van der Waals surface area contributed by atoms with Gasteiger partial charge in [0.2, 0.25) is 17.8 Å². The largest absolute Gasteiger partial charge is 0.497 e. The number of nitrogens with two attached hydrogens (primary N) is 3. The van der Waals surface area contributed by atoms with Crippen LogP contribution in [0.5, 0.6) is 0 Å². The molecule has 2 aromatic heterocycles. The van der Waals surface area contributed by atoms with E-state index in [0.717, 1.165) is 41.5 Å². The molecule has 0 atom stereocenters. The number of aryl methyl sites for hydroxylation is 2. The van der Waals surface area contributed by atoms with Gasteiger partial charge in [-0.15, -0.1) is 0 Å². The molecule has 0 fully saturated rings. The summed E-state index contributed by atoms with van der Waals surface area (Å²) in [7, 11) is 1.59. The van der Waals surface area contributed by atoms with E-state index >= 15 is 0 Å². The monoisotopic (exact) mass is 419 g/mol. The van der Waals surface area contributed by atoms with Gasteiger partial charge in [0.25, 0.3) is 0 Å². The van der Waals surface area contributed by atoms with E-state index in [-0.39, 0.29) is 0 Å². The Balaban J connectivity index is 1.46. The van der Waals surface area contributed by atoms with Gasteiger partial charge in [-0.3, -0.25) is 4.79 Å². The normalized spacial score (nSPS) is 11.3. The molecule has 0 saturated heterocycles. The van der Waals surface area contributed by atoms with Crippen molar-refractivity contribution in [1.82, 2.24) is 19.1 Å². The summed E-state index contributed by atoms with van der Waals surface area (Å²) >= 11 is 0. The van der Waals surface area contributed by atoms with Gasteiger partial charge in [0, 0.05) is 24.2 Å². The van der Waals surface area contributed by atoms with E-state index < -0.39 is 5.91 Å². The molecule has 9 heteroatoms. The van der Waals surface area contributed by atoms with Crippen molar-refractivity contribution in [3.8, 4) is 0 Å². The lowest BCUT2D eigenvalue weighted by Gasteiger charge is -2.09. The fraction of sp³-hybridized carbons (Fsp3) is 0.227. The van der Waals surface area contributed by atoms with Crippen molar-refractivity contribution in [1.29, 1.82) is 0 Å². The highest BCUT2D eigenvalue weighted by atomic mass is 16.5. The predicted molar refractivity (Wildman–Crippen MR) is 122 cm³/mol. The summed E-state index contributed by atoms with van der Waals surface area (Å²) in [4.78, 5) is 20.2. The Kier molecular flexibility index (Phi) is 5.24. The number of hydrogen-bond acceptors (Lipinski definition) is 6. The molecule has 0 bridgehead atoms. The first-order valence-electron chi connectivity index (χ1n) is 9.93. The number of fused-ring (bicyclic) bond motifs is 2. The number of nitrogens with zero attached hydrogens (tertiary/aromatic N) is 4. The number of carbonyl (C=O) groups is 1. The molecule has 0 aliphatic heterocycles. The van der Waals surface area contributed by atoms with E-state index in [1.165, 1.54) is 0 Å². The van der Waals surface area contributed by atoms with Gasteiger partial charge in [-0.2, -0.15) is 0 Å². The minimum absolute atomic E-state index is 0.412. The van der Waals surface area contributed by atoms with Gasteiger partial charge in [-0.25, -0.2) is 9.97 Å². The molecule has 2 heterocycles. The van der Waals surface area contributed by atoms with Crippen LogP contribution < -0.4 is 17.2 Å². The quantitative estimate of drug-likeness (QED) is 0.296. The third-order valence-corrected chi connectivity index (χ3v) is 5.42. The van der Waals surface area contributed by atoms with Gasteiger partial charge in [-0.1, -0.05) is 6.58 Å². The summed E-state index contributed by atoms with van der Waals surface area (Å²) in [6.45, 7) is 5.30. The molecule has 0 aliphatic carbocycles. The molecule has 6 N–H and O–H groups in total. The van der Waals surface area contributed by atoms with Crippen molar-refractivity contribution >= 4 is 45.6 Å². The average Bonchev–Trinajstić information content (AvgIpc) is 3.24. The van der Waals surface area contributed by atoms with E-state index in [4.69, 9.17) is 21.9 Å². The lowest BCUT2D eigenvalue weighted by Crippen LogP contribution is -2.10. The van der Waals surface area contributed by atoms with Gasteiger partial charge in [0.15, 0.2) is 0 Å². The highest BCUT2D eigenvalue weighted by Gasteiger charge is 2.12. The minimum Gasteiger partial charge on any atom is -0.497 e. The number of nitrogen functional groups attached to an aromatic ring is 2. The number of imidazole rings is 2. The third kappa shape index (κ3) is 3.77. The van der Waals surface area contributed by atoms with E-state index in [1.54, 1.807) is 19.2 Å². The Hall–Kier alpha value is -4.01. The molecule has 2 aromatic carbocycles. The van der Waals surface area contributed by atoms with Gasteiger partial charge < -0.3 is 31.1 Å². The number of carbonyl (C=O) groups excluding carboxylic acids is 1. The van der Waals surface area contributed by atoms with Crippen molar-refractivity contribution in [2.45, 2.75) is 25.9 Å².